The first-order valence-electron chi connectivity index (χ1n) is 9.47. The Morgan fingerprint density at radius 3 is 2.23 bits per heavy atom. The molecule has 0 aliphatic carbocycles. The minimum atomic E-state index is -0.720. The van der Waals surface area contributed by atoms with E-state index in [1.807, 2.05) is 37.3 Å². The Bertz CT molecular complexity index is 1100. The molecule has 0 aromatic heterocycles. The number of nitrogens with one attached hydrogen (secondary N) is 1. The van der Waals surface area contributed by atoms with Crippen molar-refractivity contribution in [2.24, 2.45) is 0 Å². The molecular weight excluding hydrogens is 396 g/mol. The molecule has 156 valence electrons. The summed E-state index contributed by atoms with van der Waals surface area (Å²) in [6.45, 7) is 1.94. The summed E-state index contributed by atoms with van der Waals surface area (Å²) in [6, 6.07) is 21.7. The van der Waals surface area contributed by atoms with E-state index in [0.29, 0.717) is 11.1 Å². The van der Waals surface area contributed by atoms with Crippen molar-refractivity contribution in [3.63, 3.8) is 0 Å². The van der Waals surface area contributed by atoms with Crippen molar-refractivity contribution in [2.45, 2.75) is 13.5 Å². The predicted octanol–water partition coefficient (Wildman–Crippen LogP) is 4.42. The van der Waals surface area contributed by atoms with Crippen LogP contribution in [0.5, 0.6) is 0 Å². The third-order valence-corrected chi connectivity index (χ3v) is 4.41. The van der Waals surface area contributed by atoms with Crippen molar-refractivity contribution in [1.82, 2.24) is 5.32 Å². The van der Waals surface area contributed by atoms with E-state index < -0.39 is 16.8 Å². The number of carbonyl (C=O) groups is 2. The third-order valence-electron chi connectivity index (χ3n) is 4.41. The average Bonchev–Trinajstić information content (AvgIpc) is 2.78. The number of non-ortho nitro benzene ring substituents is 1. The lowest BCUT2D eigenvalue weighted by Crippen LogP contribution is -2.28. The van der Waals surface area contributed by atoms with Gasteiger partial charge in [0.2, 0.25) is 0 Å². The van der Waals surface area contributed by atoms with Crippen LogP contribution in [0.1, 0.15) is 27.0 Å². The third kappa shape index (κ3) is 6.11. The van der Waals surface area contributed by atoms with Crippen LogP contribution in [0.2, 0.25) is 0 Å². The normalized spacial score (nSPS) is 10.9. The maximum Gasteiger partial charge on any atom is 0.355 e. The number of nitro benzene ring substituents is 1. The minimum Gasteiger partial charge on any atom is -0.456 e. The largest absolute Gasteiger partial charge is 0.456 e. The zero-order valence-electron chi connectivity index (χ0n) is 16.8. The van der Waals surface area contributed by atoms with Gasteiger partial charge >= 0.3 is 5.97 Å². The fourth-order valence-electron chi connectivity index (χ4n) is 2.71. The van der Waals surface area contributed by atoms with Gasteiger partial charge in [-0.2, -0.15) is 0 Å². The Morgan fingerprint density at radius 1 is 0.968 bits per heavy atom. The van der Waals surface area contributed by atoms with Gasteiger partial charge in [0.25, 0.3) is 11.6 Å². The first-order valence-corrected chi connectivity index (χ1v) is 9.47. The number of carbonyl (C=O) groups excluding carboxylic acids is 2. The molecule has 3 aromatic carbocycles. The molecule has 0 radical (unpaired) electrons. The number of hydrogen-bond donors (Lipinski definition) is 1. The van der Waals surface area contributed by atoms with Gasteiger partial charge in [0.15, 0.2) is 0 Å². The first-order chi connectivity index (χ1) is 14.9. The Balaban J connectivity index is 1.82. The van der Waals surface area contributed by atoms with E-state index in [2.05, 4.69) is 5.32 Å². The number of benzene rings is 3. The van der Waals surface area contributed by atoms with Crippen molar-refractivity contribution < 1.29 is 19.2 Å². The van der Waals surface area contributed by atoms with Crippen LogP contribution in [-0.4, -0.2) is 16.8 Å². The van der Waals surface area contributed by atoms with Gasteiger partial charge in [-0.1, -0.05) is 48.0 Å². The highest BCUT2D eigenvalue weighted by Crippen LogP contribution is 2.15. The molecule has 7 nitrogen and oxygen atoms in total. The summed E-state index contributed by atoms with van der Waals surface area (Å²) in [5.41, 5.74) is 2.54. The van der Waals surface area contributed by atoms with Crippen LogP contribution in [0.3, 0.4) is 0 Å². The molecule has 3 rings (SSSR count). The topological polar surface area (TPSA) is 98.5 Å². The summed E-state index contributed by atoms with van der Waals surface area (Å²) >= 11 is 0. The molecule has 0 unspecified atom stereocenters. The van der Waals surface area contributed by atoms with Gasteiger partial charge in [-0.05, 0) is 48.4 Å². The molecule has 1 amide bonds. The molecule has 7 heteroatoms. The van der Waals surface area contributed by atoms with Crippen LogP contribution in [-0.2, 0) is 16.1 Å². The minimum absolute atomic E-state index is 0.0394. The number of rotatable bonds is 7. The Hall–Kier alpha value is -4.26. The second-order valence-corrected chi connectivity index (χ2v) is 6.79. The second kappa shape index (κ2) is 9.98. The Morgan fingerprint density at radius 2 is 1.61 bits per heavy atom. The zero-order valence-corrected chi connectivity index (χ0v) is 16.8. The zero-order chi connectivity index (χ0) is 22.2. The highest BCUT2D eigenvalue weighted by atomic mass is 16.6. The number of ether oxygens (including phenoxy) is 1. The standard InChI is InChI=1S/C24H20N2O5/c1-17-7-11-20(12-8-17)23(27)25-22(15-18-9-13-21(14-10-18)26(29)30)24(28)31-16-19-5-3-2-4-6-19/h2-15H,16H2,1H3,(H,25,27). The van der Waals surface area contributed by atoms with Crippen LogP contribution >= 0.6 is 0 Å². The molecule has 0 atom stereocenters. The molecule has 0 saturated heterocycles. The Kier molecular flexibility index (Phi) is 6.90. The highest BCUT2D eigenvalue weighted by molar-refractivity contribution is 6.03. The lowest BCUT2D eigenvalue weighted by atomic mass is 10.1. The molecule has 0 fully saturated rings. The number of aryl methyl sites for hydroxylation is 1. The SMILES string of the molecule is Cc1ccc(C(=O)NC(=Cc2ccc([N+](=O)[O-])cc2)C(=O)OCc2ccccc2)cc1. The summed E-state index contributed by atoms with van der Waals surface area (Å²) in [4.78, 5) is 35.7. The summed E-state index contributed by atoms with van der Waals surface area (Å²) < 4.78 is 5.35. The van der Waals surface area contributed by atoms with Crippen LogP contribution < -0.4 is 5.32 Å². The van der Waals surface area contributed by atoms with Gasteiger partial charge in [0.05, 0.1) is 4.92 Å². The molecule has 0 aliphatic heterocycles. The highest BCUT2D eigenvalue weighted by Gasteiger charge is 2.16. The lowest BCUT2D eigenvalue weighted by Gasteiger charge is -2.11. The van der Waals surface area contributed by atoms with Crippen molar-refractivity contribution in [3.8, 4) is 0 Å². The van der Waals surface area contributed by atoms with E-state index in [0.717, 1.165) is 11.1 Å². The maximum atomic E-state index is 12.7. The summed E-state index contributed by atoms with van der Waals surface area (Å²) in [5, 5.41) is 13.4. The number of nitrogens with zero attached hydrogens (tertiary/aromatic N) is 1. The molecule has 0 saturated carbocycles. The monoisotopic (exact) mass is 416 g/mol. The molecule has 31 heavy (non-hydrogen) atoms. The van der Waals surface area contributed by atoms with E-state index in [1.54, 1.807) is 24.3 Å². The maximum absolute atomic E-state index is 12.7. The van der Waals surface area contributed by atoms with Crippen molar-refractivity contribution in [3.05, 3.63) is 117 Å². The van der Waals surface area contributed by atoms with E-state index in [1.165, 1.54) is 30.3 Å². The smallest absolute Gasteiger partial charge is 0.355 e. The van der Waals surface area contributed by atoms with Crippen LogP contribution in [0.4, 0.5) is 5.69 Å². The number of nitro groups is 1. The lowest BCUT2D eigenvalue weighted by molar-refractivity contribution is -0.384. The van der Waals surface area contributed by atoms with Gasteiger partial charge < -0.3 is 10.1 Å². The first kappa shape index (κ1) is 21.4. The van der Waals surface area contributed by atoms with Crippen LogP contribution in [0.25, 0.3) is 6.08 Å². The van der Waals surface area contributed by atoms with E-state index >= 15 is 0 Å². The molecule has 3 aromatic rings. The van der Waals surface area contributed by atoms with Gasteiger partial charge in [-0.3, -0.25) is 14.9 Å². The van der Waals surface area contributed by atoms with Crippen molar-refractivity contribution in [2.75, 3.05) is 0 Å². The van der Waals surface area contributed by atoms with Gasteiger partial charge in [0.1, 0.15) is 12.3 Å². The molecular formula is C24H20N2O5. The van der Waals surface area contributed by atoms with Gasteiger partial charge in [-0.15, -0.1) is 0 Å². The quantitative estimate of drug-likeness (QED) is 0.266. The predicted molar refractivity (Wildman–Crippen MR) is 116 cm³/mol. The number of esters is 1. The fourth-order valence-corrected chi connectivity index (χ4v) is 2.71. The van der Waals surface area contributed by atoms with Gasteiger partial charge in [-0.25, -0.2) is 4.79 Å². The van der Waals surface area contributed by atoms with Crippen molar-refractivity contribution >= 4 is 23.6 Å². The summed E-state index contributed by atoms with van der Waals surface area (Å²) in [6.07, 6.45) is 1.42. The molecule has 1 N–H and O–H groups in total. The van der Waals surface area contributed by atoms with E-state index in [-0.39, 0.29) is 18.0 Å². The number of hydrogen-bond acceptors (Lipinski definition) is 5. The summed E-state index contributed by atoms with van der Waals surface area (Å²) in [7, 11) is 0. The molecule has 0 spiro atoms. The summed E-state index contributed by atoms with van der Waals surface area (Å²) in [5.74, 6) is -1.19. The fraction of sp³-hybridized carbons (Fsp3) is 0.0833. The van der Waals surface area contributed by atoms with Crippen LogP contribution in [0, 0.1) is 17.0 Å². The molecule has 0 bridgehead atoms. The van der Waals surface area contributed by atoms with Crippen LogP contribution in [0.15, 0.2) is 84.6 Å². The molecule has 0 aliphatic rings. The average molecular weight is 416 g/mol. The number of amides is 1. The Labute approximate surface area is 179 Å². The molecule has 0 heterocycles. The van der Waals surface area contributed by atoms with Crippen molar-refractivity contribution in [1.29, 1.82) is 0 Å². The second-order valence-electron chi connectivity index (χ2n) is 6.79. The van der Waals surface area contributed by atoms with E-state index in [9.17, 15) is 19.7 Å². The van der Waals surface area contributed by atoms with Gasteiger partial charge in [0, 0.05) is 17.7 Å². The van der Waals surface area contributed by atoms with E-state index in [4.69, 9.17) is 4.74 Å².